The van der Waals surface area contributed by atoms with Crippen LogP contribution < -0.4 is 5.32 Å². The van der Waals surface area contributed by atoms with Gasteiger partial charge >= 0.3 is 0 Å². The van der Waals surface area contributed by atoms with E-state index in [1.807, 2.05) is 43.3 Å². The first kappa shape index (κ1) is 18.7. The van der Waals surface area contributed by atoms with Crippen LogP contribution in [0.25, 0.3) is 0 Å². The van der Waals surface area contributed by atoms with Gasteiger partial charge in [-0.3, -0.25) is 14.6 Å². The minimum atomic E-state index is -0.918. The number of fused-ring (bicyclic) bond motifs is 1. The second kappa shape index (κ2) is 7.74. The number of carbonyl (C=O) groups is 2. The molecule has 2 aromatic rings. The molecule has 5 nitrogen and oxygen atoms in total. The van der Waals surface area contributed by atoms with E-state index in [-0.39, 0.29) is 17.9 Å². The average Bonchev–Trinajstić information content (AvgIpc) is 2.72. The Hall–Kier alpha value is -2.69. The van der Waals surface area contributed by atoms with Crippen molar-refractivity contribution in [3.05, 3.63) is 65.5 Å². The summed E-state index contributed by atoms with van der Waals surface area (Å²) >= 11 is 0. The fourth-order valence-corrected chi connectivity index (χ4v) is 4.43. The third-order valence-corrected chi connectivity index (χ3v) is 6.12. The molecule has 5 heteroatoms. The van der Waals surface area contributed by atoms with E-state index in [1.54, 1.807) is 17.3 Å². The van der Waals surface area contributed by atoms with Crippen molar-refractivity contribution >= 4 is 11.8 Å². The van der Waals surface area contributed by atoms with Gasteiger partial charge in [-0.05, 0) is 43.0 Å². The Kier molecular flexibility index (Phi) is 5.16. The smallest absolute Gasteiger partial charge is 0.255 e. The molecule has 0 radical (unpaired) electrons. The highest BCUT2D eigenvalue weighted by Crippen LogP contribution is 2.33. The highest BCUT2D eigenvalue weighted by Gasteiger charge is 2.47. The van der Waals surface area contributed by atoms with Crippen molar-refractivity contribution < 1.29 is 9.59 Å². The van der Waals surface area contributed by atoms with Crippen molar-refractivity contribution in [2.75, 3.05) is 0 Å². The normalized spacial score (nSPS) is 22.6. The molecule has 2 heterocycles. The number of carbonyl (C=O) groups excluding carboxylic acids is 2. The Labute approximate surface area is 166 Å². The number of amides is 2. The maximum absolute atomic E-state index is 13.4. The molecule has 146 valence electrons. The molecular formula is C23H27N3O2. The van der Waals surface area contributed by atoms with Crippen LogP contribution in [0.3, 0.4) is 0 Å². The third kappa shape index (κ3) is 3.53. The van der Waals surface area contributed by atoms with Crippen molar-refractivity contribution in [2.45, 2.75) is 63.6 Å². The average molecular weight is 377 g/mol. The predicted octanol–water partition coefficient (Wildman–Crippen LogP) is 3.49. The lowest BCUT2D eigenvalue weighted by Gasteiger charge is -2.44. The van der Waals surface area contributed by atoms with Crippen LogP contribution in [0, 0.1) is 0 Å². The summed E-state index contributed by atoms with van der Waals surface area (Å²) in [5, 5.41) is 3.25. The van der Waals surface area contributed by atoms with Gasteiger partial charge in [0.1, 0.15) is 5.54 Å². The molecule has 28 heavy (non-hydrogen) atoms. The largest absolute Gasteiger partial charge is 0.351 e. The van der Waals surface area contributed by atoms with E-state index in [1.165, 1.54) is 6.42 Å². The molecule has 1 fully saturated rings. The minimum Gasteiger partial charge on any atom is -0.351 e. The van der Waals surface area contributed by atoms with Crippen LogP contribution in [0.1, 0.15) is 60.5 Å². The van der Waals surface area contributed by atoms with E-state index in [2.05, 4.69) is 10.3 Å². The maximum Gasteiger partial charge on any atom is 0.255 e. The zero-order valence-electron chi connectivity index (χ0n) is 16.4. The molecule has 2 aliphatic rings. The van der Waals surface area contributed by atoms with Gasteiger partial charge in [-0.15, -0.1) is 0 Å². The van der Waals surface area contributed by atoms with E-state index in [0.717, 1.165) is 36.8 Å². The minimum absolute atomic E-state index is 0.0499. The number of nitrogens with one attached hydrogen (secondary N) is 1. The van der Waals surface area contributed by atoms with Crippen LogP contribution in [0.4, 0.5) is 0 Å². The molecule has 0 bridgehead atoms. The second-order valence-electron chi connectivity index (χ2n) is 8.17. The number of rotatable bonds is 4. The van der Waals surface area contributed by atoms with E-state index in [4.69, 9.17) is 0 Å². The van der Waals surface area contributed by atoms with Crippen molar-refractivity contribution in [2.24, 2.45) is 0 Å². The highest BCUT2D eigenvalue weighted by molar-refractivity contribution is 6.02. The lowest BCUT2D eigenvalue weighted by Crippen LogP contribution is -2.63. The first-order valence-corrected chi connectivity index (χ1v) is 10.2. The highest BCUT2D eigenvalue weighted by atomic mass is 16.2. The second-order valence-corrected chi connectivity index (χ2v) is 8.17. The Morgan fingerprint density at radius 2 is 1.96 bits per heavy atom. The SMILES string of the molecule is C[C@@]1(C(=O)NC2CCCCC2)Cc2ccccc2C(=O)N1Cc1cccnc1. The quantitative estimate of drug-likeness (QED) is 0.887. The molecule has 1 aromatic heterocycles. The Bertz CT molecular complexity index is 861. The standard InChI is InChI=1S/C23H27N3O2/c1-23(22(28)25-19-10-3-2-4-11-19)14-18-9-5-6-12-20(18)21(27)26(23)16-17-8-7-13-24-15-17/h5-9,12-13,15,19H,2-4,10-11,14,16H2,1H3,(H,25,28)/t23-/m0/s1. The van der Waals surface area contributed by atoms with Crippen molar-refractivity contribution in [3.63, 3.8) is 0 Å². The summed E-state index contributed by atoms with van der Waals surface area (Å²) in [4.78, 5) is 32.7. The van der Waals surface area contributed by atoms with Gasteiger partial charge in [-0.25, -0.2) is 0 Å². The Balaban J connectivity index is 1.66. The summed E-state index contributed by atoms with van der Waals surface area (Å²) in [6.07, 6.45) is 9.59. The molecule has 0 saturated heterocycles. The number of hydrogen-bond acceptors (Lipinski definition) is 3. The monoisotopic (exact) mass is 377 g/mol. The first-order chi connectivity index (χ1) is 13.6. The zero-order chi connectivity index (χ0) is 19.6. The molecule has 0 unspecified atom stereocenters. The summed E-state index contributed by atoms with van der Waals surface area (Å²) < 4.78 is 0. The lowest BCUT2D eigenvalue weighted by atomic mass is 9.82. The third-order valence-electron chi connectivity index (χ3n) is 6.12. The number of benzene rings is 1. The summed E-state index contributed by atoms with van der Waals surface area (Å²) in [5.74, 6) is -0.141. The number of pyridine rings is 1. The van der Waals surface area contributed by atoms with E-state index >= 15 is 0 Å². The Morgan fingerprint density at radius 3 is 2.71 bits per heavy atom. The molecule has 4 rings (SSSR count). The summed E-state index contributed by atoms with van der Waals surface area (Å²) in [6.45, 7) is 2.27. The summed E-state index contributed by atoms with van der Waals surface area (Å²) in [5.41, 5.74) is 1.64. The van der Waals surface area contributed by atoms with Gasteiger partial charge in [-0.1, -0.05) is 43.5 Å². The summed E-state index contributed by atoms with van der Waals surface area (Å²) in [6, 6.07) is 11.6. The fraction of sp³-hybridized carbons (Fsp3) is 0.435. The molecule has 1 N–H and O–H groups in total. The molecule has 1 aromatic carbocycles. The Morgan fingerprint density at radius 1 is 1.18 bits per heavy atom. The molecule has 0 spiro atoms. The topological polar surface area (TPSA) is 62.3 Å². The predicted molar refractivity (Wildman–Crippen MR) is 108 cm³/mol. The van der Waals surface area contributed by atoms with Gasteiger partial charge in [0.15, 0.2) is 0 Å². The van der Waals surface area contributed by atoms with Gasteiger partial charge in [0.05, 0.1) is 0 Å². The van der Waals surface area contributed by atoms with Crippen LogP contribution in [-0.4, -0.2) is 33.3 Å². The van der Waals surface area contributed by atoms with Crippen molar-refractivity contribution in [1.82, 2.24) is 15.2 Å². The first-order valence-electron chi connectivity index (χ1n) is 10.2. The summed E-state index contributed by atoms with van der Waals surface area (Å²) in [7, 11) is 0. The van der Waals surface area contributed by atoms with Gasteiger partial charge in [0.25, 0.3) is 5.91 Å². The van der Waals surface area contributed by atoms with E-state index in [9.17, 15) is 9.59 Å². The van der Waals surface area contributed by atoms with Gasteiger partial charge in [0, 0.05) is 37.0 Å². The number of nitrogens with zero attached hydrogens (tertiary/aromatic N) is 2. The molecule has 1 aliphatic carbocycles. The zero-order valence-corrected chi connectivity index (χ0v) is 16.4. The van der Waals surface area contributed by atoms with Crippen LogP contribution in [0.15, 0.2) is 48.8 Å². The molecule has 1 aliphatic heterocycles. The maximum atomic E-state index is 13.4. The fourth-order valence-electron chi connectivity index (χ4n) is 4.43. The molecule has 1 saturated carbocycles. The van der Waals surface area contributed by atoms with E-state index < -0.39 is 5.54 Å². The van der Waals surface area contributed by atoms with E-state index in [0.29, 0.717) is 18.5 Å². The van der Waals surface area contributed by atoms with Crippen molar-refractivity contribution in [1.29, 1.82) is 0 Å². The molecular weight excluding hydrogens is 350 g/mol. The molecule has 1 atom stereocenters. The van der Waals surface area contributed by atoms with Crippen LogP contribution in [0.5, 0.6) is 0 Å². The lowest BCUT2D eigenvalue weighted by molar-refractivity contribution is -0.133. The van der Waals surface area contributed by atoms with Crippen LogP contribution >= 0.6 is 0 Å². The van der Waals surface area contributed by atoms with Crippen LogP contribution in [0.2, 0.25) is 0 Å². The number of hydrogen-bond donors (Lipinski definition) is 1. The number of aromatic nitrogens is 1. The van der Waals surface area contributed by atoms with Gasteiger partial charge in [-0.2, -0.15) is 0 Å². The van der Waals surface area contributed by atoms with Gasteiger partial charge in [0.2, 0.25) is 5.91 Å². The van der Waals surface area contributed by atoms with Gasteiger partial charge < -0.3 is 10.2 Å². The molecule has 2 amide bonds. The van der Waals surface area contributed by atoms with Crippen molar-refractivity contribution in [3.8, 4) is 0 Å². The van der Waals surface area contributed by atoms with Crippen LogP contribution in [-0.2, 0) is 17.8 Å².